The Morgan fingerprint density at radius 3 is 2.78 bits per heavy atom. The predicted molar refractivity (Wildman–Crippen MR) is 66.5 cm³/mol. The van der Waals surface area contributed by atoms with E-state index in [-0.39, 0.29) is 18.9 Å². The Balaban J connectivity index is 2.24. The zero-order valence-corrected chi connectivity index (χ0v) is 10.6. The number of ether oxygens (including phenoxy) is 3. The fourth-order valence-corrected chi connectivity index (χ4v) is 1.86. The van der Waals surface area contributed by atoms with Gasteiger partial charge in [0.05, 0.1) is 0 Å². The van der Waals surface area contributed by atoms with Crippen LogP contribution in [0.25, 0.3) is 0 Å². The summed E-state index contributed by atoms with van der Waals surface area (Å²) >= 11 is 0. The average Bonchev–Trinajstić information content (AvgIpc) is 2.73. The first kappa shape index (κ1) is 12.5. The van der Waals surface area contributed by atoms with E-state index in [4.69, 9.17) is 14.2 Å². The van der Waals surface area contributed by atoms with Crippen LogP contribution in [0.3, 0.4) is 0 Å². The highest BCUT2D eigenvalue weighted by Gasteiger charge is 2.20. The third-order valence-electron chi connectivity index (χ3n) is 2.61. The van der Waals surface area contributed by atoms with Crippen molar-refractivity contribution in [2.24, 2.45) is 0 Å². The summed E-state index contributed by atoms with van der Waals surface area (Å²) in [6.45, 7) is 7.39. The van der Waals surface area contributed by atoms with E-state index in [1.54, 1.807) is 0 Å². The highest BCUT2D eigenvalue weighted by Crippen LogP contribution is 2.36. The minimum atomic E-state index is -0.325. The SMILES string of the molecule is C=C(C)CC(OC(C)=O)c1ccc2c(c1)OCO2. The van der Waals surface area contributed by atoms with Gasteiger partial charge in [0.2, 0.25) is 6.79 Å². The lowest BCUT2D eigenvalue weighted by atomic mass is 10.0. The molecule has 0 amide bonds. The van der Waals surface area contributed by atoms with Crippen molar-refractivity contribution in [3.05, 3.63) is 35.9 Å². The van der Waals surface area contributed by atoms with Crippen molar-refractivity contribution in [1.82, 2.24) is 0 Å². The fraction of sp³-hybridized carbons (Fsp3) is 0.357. The predicted octanol–water partition coefficient (Wildman–Crippen LogP) is 2.99. The molecule has 0 saturated heterocycles. The monoisotopic (exact) mass is 248 g/mol. The molecule has 0 fully saturated rings. The van der Waals surface area contributed by atoms with Crippen LogP contribution in [0, 0.1) is 0 Å². The van der Waals surface area contributed by atoms with Gasteiger partial charge in [-0.25, -0.2) is 0 Å². The van der Waals surface area contributed by atoms with Crippen molar-refractivity contribution < 1.29 is 19.0 Å². The molecular formula is C14H16O4. The number of rotatable bonds is 4. The first-order valence-corrected chi connectivity index (χ1v) is 5.77. The molecule has 1 atom stereocenters. The lowest BCUT2D eigenvalue weighted by molar-refractivity contribution is -0.146. The largest absolute Gasteiger partial charge is 0.457 e. The number of fused-ring (bicyclic) bond motifs is 1. The molecule has 1 aromatic rings. The molecule has 1 unspecified atom stereocenters. The van der Waals surface area contributed by atoms with Gasteiger partial charge in [-0.1, -0.05) is 18.2 Å². The number of carbonyl (C=O) groups is 1. The van der Waals surface area contributed by atoms with Crippen molar-refractivity contribution in [3.8, 4) is 11.5 Å². The molecule has 1 aliphatic heterocycles. The number of benzene rings is 1. The van der Waals surface area contributed by atoms with Gasteiger partial charge in [0.1, 0.15) is 6.10 Å². The van der Waals surface area contributed by atoms with Crippen LogP contribution in [0.2, 0.25) is 0 Å². The van der Waals surface area contributed by atoms with Gasteiger partial charge in [-0.3, -0.25) is 4.79 Å². The van der Waals surface area contributed by atoms with Crippen LogP contribution in [-0.2, 0) is 9.53 Å². The zero-order valence-electron chi connectivity index (χ0n) is 10.6. The summed E-state index contributed by atoms with van der Waals surface area (Å²) in [5, 5.41) is 0. The van der Waals surface area contributed by atoms with E-state index in [1.807, 2.05) is 25.1 Å². The van der Waals surface area contributed by atoms with Crippen LogP contribution >= 0.6 is 0 Å². The highest BCUT2D eigenvalue weighted by atomic mass is 16.7. The standard InChI is InChI=1S/C14H16O4/c1-9(2)6-13(18-10(3)15)11-4-5-12-14(7-11)17-8-16-12/h4-5,7,13H,1,6,8H2,2-3H3. The van der Waals surface area contributed by atoms with Crippen LogP contribution in [0.1, 0.15) is 31.9 Å². The summed E-state index contributed by atoms with van der Waals surface area (Å²) in [6.07, 6.45) is 0.272. The minimum absolute atomic E-state index is 0.234. The molecule has 0 spiro atoms. The molecule has 2 rings (SSSR count). The quantitative estimate of drug-likeness (QED) is 0.607. The topological polar surface area (TPSA) is 44.8 Å². The molecule has 1 aromatic carbocycles. The van der Waals surface area contributed by atoms with Gasteiger partial charge in [0, 0.05) is 13.3 Å². The van der Waals surface area contributed by atoms with Crippen LogP contribution < -0.4 is 9.47 Å². The maximum atomic E-state index is 11.1. The van der Waals surface area contributed by atoms with Gasteiger partial charge in [0.15, 0.2) is 11.5 Å². The number of esters is 1. The van der Waals surface area contributed by atoms with Crippen molar-refractivity contribution in [2.45, 2.75) is 26.4 Å². The van der Waals surface area contributed by atoms with Gasteiger partial charge in [0.25, 0.3) is 0 Å². The third kappa shape index (κ3) is 2.83. The second-order valence-corrected chi connectivity index (χ2v) is 4.37. The third-order valence-corrected chi connectivity index (χ3v) is 2.61. The summed E-state index contributed by atoms with van der Waals surface area (Å²) in [5.74, 6) is 1.10. The Kier molecular flexibility index (Phi) is 3.55. The Bertz CT molecular complexity index is 463. The Morgan fingerprint density at radius 1 is 1.39 bits per heavy atom. The first-order chi connectivity index (χ1) is 8.56. The number of hydrogen-bond acceptors (Lipinski definition) is 4. The molecule has 0 N–H and O–H groups in total. The minimum Gasteiger partial charge on any atom is -0.457 e. The van der Waals surface area contributed by atoms with E-state index in [2.05, 4.69) is 6.58 Å². The molecule has 1 aliphatic rings. The zero-order chi connectivity index (χ0) is 13.1. The van der Waals surface area contributed by atoms with Crippen LogP contribution in [0.5, 0.6) is 11.5 Å². The molecular weight excluding hydrogens is 232 g/mol. The van der Waals surface area contributed by atoms with E-state index < -0.39 is 0 Å². The van der Waals surface area contributed by atoms with Crippen molar-refractivity contribution in [2.75, 3.05) is 6.79 Å². The molecule has 0 radical (unpaired) electrons. The normalized spacial score (nSPS) is 14.1. The van der Waals surface area contributed by atoms with Crippen molar-refractivity contribution in [1.29, 1.82) is 0 Å². The summed E-state index contributed by atoms with van der Waals surface area (Å²) < 4.78 is 15.9. The highest BCUT2D eigenvalue weighted by molar-refractivity contribution is 5.66. The second-order valence-electron chi connectivity index (χ2n) is 4.37. The van der Waals surface area contributed by atoms with Crippen LogP contribution in [0.4, 0.5) is 0 Å². The molecule has 0 aliphatic carbocycles. The van der Waals surface area contributed by atoms with Gasteiger partial charge in [-0.05, 0) is 24.6 Å². The van der Waals surface area contributed by atoms with Gasteiger partial charge >= 0.3 is 5.97 Å². The van der Waals surface area contributed by atoms with Crippen molar-refractivity contribution >= 4 is 5.97 Å². The smallest absolute Gasteiger partial charge is 0.303 e. The number of carbonyl (C=O) groups excluding carboxylic acids is 1. The molecule has 0 aromatic heterocycles. The lowest BCUT2D eigenvalue weighted by Crippen LogP contribution is -2.09. The van der Waals surface area contributed by atoms with Crippen LogP contribution in [0.15, 0.2) is 30.4 Å². The Morgan fingerprint density at radius 2 is 2.11 bits per heavy atom. The summed E-state index contributed by atoms with van der Waals surface area (Å²) in [6, 6.07) is 5.55. The molecule has 96 valence electrons. The fourth-order valence-electron chi connectivity index (χ4n) is 1.86. The van der Waals surface area contributed by atoms with E-state index in [9.17, 15) is 4.79 Å². The first-order valence-electron chi connectivity index (χ1n) is 5.77. The molecule has 18 heavy (non-hydrogen) atoms. The van der Waals surface area contributed by atoms with Gasteiger partial charge in [-0.15, -0.1) is 0 Å². The molecule has 1 heterocycles. The summed E-state index contributed by atoms with van der Waals surface area (Å²) in [7, 11) is 0. The summed E-state index contributed by atoms with van der Waals surface area (Å²) in [5.41, 5.74) is 1.84. The maximum absolute atomic E-state index is 11.1. The lowest BCUT2D eigenvalue weighted by Gasteiger charge is -2.17. The summed E-state index contributed by atoms with van der Waals surface area (Å²) in [4.78, 5) is 11.1. The van der Waals surface area contributed by atoms with E-state index in [1.165, 1.54) is 6.92 Å². The van der Waals surface area contributed by atoms with Gasteiger partial charge < -0.3 is 14.2 Å². The van der Waals surface area contributed by atoms with E-state index in [0.717, 1.165) is 16.9 Å². The van der Waals surface area contributed by atoms with E-state index in [0.29, 0.717) is 12.2 Å². The number of hydrogen-bond donors (Lipinski definition) is 0. The van der Waals surface area contributed by atoms with Crippen LogP contribution in [-0.4, -0.2) is 12.8 Å². The molecule has 0 bridgehead atoms. The molecule has 4 nitrogen and oxygen atoms in total. The van der Waals surface area contributed by atoms with Crippen molar-refractivity contribution in [3.63, 3.8) is 0 Å². The molecule has 0 saturated carbocycles. The molecule has 4 heteroatoms. The van der Waals surface area contributed by atoms with E-state index >= 15 is 0 Å². The average molecular weight is 248 g/mol. The Labute approximate surface area is 106 Å². The Hall–Kier alpha value is -1.97. The second kappa shape index (κ2) is 5.12. The maximum Gasteiger partial charge on any atom is 0.303 e. The van der Waals surface area contributed by atoms with Gasteiger partial charge in [-0.2, -0.15) is 0 Å².